The Hall–Kier alpha value is -0.0500. The molecular weight excluding hydrogens is 336 g/mol. The SMILES string of the molecule is OCC1OC(O)C(O)C(O)[C@@H]1O[C@@H]1OC(CS)[C@@H](O)C(O)[C@@H]1O. The molecule has 0 amide bonds. The van der Waals surface area contributed by atoms with Crippen molar-refractivity contribution in [3.8, 4) is 0 Å². The van der Waals surface area contributed by atoms with Gasteiger partial charge in [-0.05, 0) is 0 Å². The van der Waals surface area contributed by atoms with Crippen molar-refractivity contribution in [2.45, 2.75) is 61.4 Å². The van der Waals surface area contributed by atoms with E-state index in [-0.39, 0.29) is 5.75 Å². The molecule has 23 heavy (non-hydrogen) atoms. The van der Waals surface area contributed by atoms with Crippen molar-refractivity contribution < 1.29 is 50.0 Å². The van der Waals surface area contributed by atoms with Crippen LogP contribution in [0.25, 0.3) is 0 Å². The Labute approximate surface area is 137 Å². The molecule has 0 aromatic rings. The van der Waals surface area contributed by atoms with Gasteiger partial charge in [-0.2, -0.15) is 12.6 Å². The molecule has 0 radical (unpaired) electrons. The van der Waals surface area contributed by atoms with Crippen LogP contribution in [0.4, 0.5) is 0 Å². The first kappa shape index (κ1) is 19.3. The van der Waals surface area contributed by atoms with Crippen LogP contribution in [0.1, 0.15) is 0 Å². The Bertz CT molecular complexity index is 383. The van der Waals surface area contributed by atoms with Crippen LogP contribution in [-0.2, 0) is 14.2 Å². The summed E-state index contributed by atoms with van der Waals surface area (Å²) in [4.78, 5) is 0. The van der Waals surface area contributed by atoms with Gasteiger partial charge in [0.2, 0.25) is 0 Å². The Kier molecular flexibility index (Phi) is 6.61. The second-order valence-electron chi connectivity index (χ2n) is 5.53. The lowest BCUT2D eigenvalue weighted by molar-refractivity contribution is -0.351. The van der Waals surface area contributed by atoms with E-state index < -0.39 is 68.0 Å². The van der Waals surface area contributed by atoms with Gasteiger partial charge in [0.25, 0.3) is 0 Å². The fourth-order valence-corrected chi connectivity index (χ4v) is 2.87. The zero-order chi connectivity index (χ0) is 17.3. The van der Waals surface area contributed by atoms with Crippen molar-refractivity contribution in [2.24, 2.45) is 0 Å². The number of hydrogen-bond donors (Lipinski definition) is 8. The predicted octanol–water partition coefficient (Wildman–Crippen LogP) is -4.46. The monoisotopic (exact) mass is 358 g/mol. The van der Waals surface area contributed by atoms with Crippen molar-refractivity contribution in [3.63, 3.8) is 0 Å². The molecule has 10 nitrogen and oxygen atoms in total. The second-order valence-corrected chi connectivity index (χ2v) is 5.89. The van der Waals surface area contributed by atoms with E-state index in [1.165, 1.54) is 0 Å². The van der Waals surface area contributed by atoms with Gasteiger partial charge >= 0.3 is 0 Å². The van der Waals surface area contributed by atoms with Gasteiger partial charge in [-0.3, -0.25) is 0 Å². The summed E-state index contributed by atoms with van der Waals surface area (Å²) in [6, 6.07) is 0. The summed E-state index contributed by atoms with van der Waals surface area (Å²) in [5.74, 6) is 0.0271. The third-order valence-corrected chi connectivity index (χ3v) is 4.34. The van der Waals surface area contributed by atoms with Crippen LogP contribution in [0.15, 0.2) is 0 Å². The van der Waals surface area contributed by atoms with Crippen molar-refractivity contribution in [1.82, 2.24) is 0 Å². The number of rotatable bonds is 4. The minimum Gasteiger partial charge on any atom is -0.394 e. The van der Waals surface area contributed by atoms with Crippen LogP contribution in [0.3, 0.4) is 0 Å². The number of ether oxygens (including phenoxy) is 3. The first-order valence-corrected chi connectivity index (χ1v) is 7.71. The molecule has 2 aliphatic rings. The van der Waals surface area contributed by atoms with Gasteiger partial charge in [-0.25, -0.2) is 0 Å². The highest BCUT2D eigenvalue weighted by Gasteiger charge is 2.49. The van der Waals surface area contributed by atoms with Crippen molar-refractivity contribution >= 4 is 12.6 Å². The number of thiol groups is 1. The zero-order valence-corrected chi connectivity index (χ0v) is 12.9. The molecule has 6 unspecified atom stereocenters. The van der Waals surface area contributed by atoms with Crippen molar-refractivity contribution in [3.05, 3.63) is 0 Å². The Balaban J connectivity index is 2.11. The van der Waals surface area contributed by atoms with Gasteiger partial charge in [0.05, 0.1) is 12.7 Å². The summed E-state index contributed by atoms with van der Waals surface area (Å²) < 4.78 is 15.5. The molecule has 0 aromatic carbocycles. The number of aliphatic hydroxyl groups is 7. The Morgan fingerprint density at radius 3 is 2.00 bits per heavy atom. The smallest absolute Gasteiger partial charge is 0.187 e. The average Bonchev–Trinajstić information content (AvgIpc) is 2.55. The van der Waals surface area contributed by atoms with Gasteiger partial charge < -0.3 is 50.0 Å². The van der Waals surface area contributed by atoms with Crippen LogP contribution in [-0.4, -0.2) is 110 Å². The molecule has 2 rings (SSSR count). The molecule has 0 bridgehead atoms. The minimum absolute atomic E-state index is 0.0271. The molecule has 2 fully saturated rings. The third kappa shape index (κ3) is 3.80. The van der Waals surface area contributed by atoms with E-state index in [0.29, 0.717) is 0 Å². The lowest BCUT2D eigenvalue weighted by atomic mass is 9.97. The summed E-state index contributed by atoms with van der Waals surface area (Å²) in [6.07, 6.45) is -14.6. The van der Waals surface area contributed by atoms with E-state index >= 15 is 0 Å². The summed E-state index contributed by atoms with van der Waals surface area (Å²) in [5, 5.41) is 67.7. The highest BCUT2D eigenvalue weighted by Crippen LogP contribution is 2.28. The van der Waals surface area contributed by atoms with Crippen molar-refractivity contribution in [1.29, 1.82) is 0 Å². The molecule has 0 saturated carbocycles. The maximum atomic E-state index is 9.98. The van der Waals surface area contributed by atoms with Gasteiger partial charge in [-0.1, -0.05) is 0 Å². The van der Waals surface area contributed by atoms with Gasteiger partial charge in [-0.15, -0.1) is 0 Å². The number of hydrogen-bond acceptors (Lipinski definition) is 11. The summed E-state index contributed by atoms with van der Waals surface area (Å²) >= 11 is 3.96. The first-order chi connectivity index (χ1) is 10.8. The summed E-state index contributed by atoms with van der Waals surface area (Å²) in [7, 11) is 0. The Morgan fingerprint density at radius 2 is 1.43 bits per heavy atom. The van der Waals surface area contributed by atoms with Gasteiger partial charge in [0.1, 0.15) is 42.7 Å². The minimum atomic E-state index is -1.71. The molecule has 11 heteroatoms. The van der Waals surface area contributed by atoms with E-state index in [1.807, 2.05) is 0 Å². The second kappa shape index (κ2) is 7.89. The van der Waals surface area contributed by atoms with Gasteiger partial charge in [0, 0.05) is 5.75 Å². The van der Waals surface area contributed by atoms with Crippen LogP contribution in [0.2, 0.25) is 0 Å². The van der Waals surface area contributed by atoms with E-state index in [4.69, 9.17) is 14.2 Å². The molecule has 2 aliphatic heterocycles. The molecule has 7 N–H and O–H groups in total. The highest BCUT2D eigenvalue weighted by molar-refractivity contribution is 7.80. The fraction of sp³-hybridized carbons (Fsp3) is 1.00. The summed E-state index contributed by atoms with van der Waals surface area (Å²) in [6.45, 7) is -0.643. The molecule has 2 heterocycles. The highest BCUT2D eigenvalue weighted by atomic mass is 32.1. The van der Waals surface area contributed by atoms with E-state index in [0.717, 1.165) is 0 Å². The number of aliphatic hydroxyl groups excluding tert-OH is 7. The average molecular weight is 358 g/mol. The quantitative estimate of drug-likeness (QED) is 0.229. The summed E-state index contributed by atoms with van der Waals surface area (Å²) in [5.41, 5.74) is 0. The zero-order valence-electron chi connectivity index (χ0n) is 12.0. The molecule has 136 valence electrons. The van der Waals surface area contributed by atoms with Crippen LogP contribution < -0.4 is 0 Å². The van der Waals surface area contributed by atoms with Crippen LogP contribution in [0, 0.1) is 0 Å². The Morgan fingerprint density at radius 1 is 0.783 bits per heavy atom. The topological polar surface area (TPSA) is 169 Å². The fourth-order valence-electron chi connectivity index (χ4n) is 2.57. The lowest BCUT2D eigenvalue weighted by Gasteiger charge is -2.45. The molecule has 10 atom stereocenters. The van der Waals surface area contributed by atoms with Crippen molar-refractivity contribution in [2.75, 3.05) is 12.4 Å². The standard InChI is InChI=1S/C12H22O10S/c13-1-3-10(7(16)8(17)11(19)20-3)22-12-9(18)6(15)5(14)4(2-23)21-12/h3-19,23H,1-2H2/t3?,4?,5-,6?,7?,8?,9+,10-,11?,12+/m1/s1. The maximum Gasteiger partial charge on any atom is 0.187 e. The first-order valence-electron chi connectivity index (χ1n) is 7.08. The molecular formula is C12H22O10S. The predicted molar refractivity (Wildman–Crippen MR) is 75.4 cm³/mol. The van der Waals surface area contributed by atoms with Gasteiger partial charge in [0.15, 0.2) is 12.6 Å². The normalized spacial score (nSPS) is 51.7. The molecule has 2 saturated heterocycles. The third-order valence-electron chi connectivity index (χ3n) is 3.98. The molecule has 0 spiro atoms. The van der Waals surface area contributed by atoms with Crippen LogP contribution >= 0.6 is 12.6 Å². The molecule has 0 aliphatic carbocycles. The van der Waals surface area contributed by atoms with E-state index in [1.54, 1.807) is 0 Å². The lowest BCUT2D eigenvalue weighted by Crippen LogP contribution is -2.64. The van der Waals surface area contributed by atoms with E-state index in [9.17, 15) is 35.7 Å². The van der Waals surface area contributed by atoms with Crippen LogP contribution in [0.5, 0.6) is 0 Å². The largest absolute Gasteiger partial charge is 0.394 e. The van der Waals surface area contributed by atoms with E-state index in [2.05, 4.69) is 12.6 Å². The maximum absolute atomic E-state index is 9.98. The molecule has 0 aromatic heterocycles.